The number of benzene rings is 2. The maximum Gasteiger partial charge on any atom is 0.294 e. The van der Waals surface area contributed by atoms with Gasteiger partial charge in [-0.2, -0.15) is 0 Å². The summed E-state index contributed by atoms with van der Waals surface area (Å²) in [6.07, 6.45) is 4.65. The number of fused-ring (bicyclic) bond motifs is 1. The molecule has 0 saturated carbocycles. The molecular formula is C23H20FN3O3S. The Morgan fingerprint density at radius 3 is 2.61 bits per heavy atom. The first kappa shape index (κ1) is 20.9. The predicted molar refractivity (Wildman–Crippen MR) is 120 cm³/mol. The minimum Gasteiger partial charge on any atom is -0.347 e. The molecule has 1 N–H and O–H groups in total. The number of aromatic nitrogens is 1. The lowest BCUT2D eigenvalue weighted by Crippen LogP contribution is -2.36. The Morgan fingerprint density at radius 2 is 1.87 bits per heavy atom. The van der Waals surface area contributed by atoms with E-state index in [9.17, 15) is 18.8 Å². The average molecular weight is 437 g/mol. The molecule has 1 aliphatic rings. The topological polar surface area (TPSA) is 71.4 Å². The van der Waals surface area contributed by atoms with Gasteiger partial charge in [0.2, 0.25) is 5.91 Å². The average Bonchev–Trinajstić information content (AvgIpc) is 3.22. The van der Waals surface area contributed by atoms with Gasteiger partial charge in [-0.1, -0.05) is 25.1 Å². The van der Waals surface area contributed by atoms with Crippen LogP contribution in [-0.4, -0.2) is 33.1 Å². The van der Waals surface area contributed by atoms with E-state index in [1.165, 1.54) is 24.3 Å². The number of aryl methyl sites for hydroxylation is 1. The zero-order chi connectivity index (χ0) is 22.0. The molecular weight excluding hydrogens is 417 g/mol. The monoisotopic (exact) mass is 437 g/mol. The quantitative estimate of drug-likeness (QED) is 0.559. The highest BCUT2D eigenvalue weighted by atomic mass is 32.2. The van der Waals surface area contributed by atoms with Gasteiger partial charge in [0, 0.05) is 34.9 Å². The summed E-state index contributed by atoms with van der Waals surface area (Å²) in [6.45, 7) is 2.53. The summed E-state index contributed by atoms with van der Waals surface area (Å²) in [5.41, 5.74) is 2.30. The van der Waals surface area contributed by atoms with Gasteiger partial charge < -0.3 is 9.88 Å². The number of carbonyl (C=O) groups is 3. The standard InChI is InChI=1S/C23H20FN3O3S/c1-2-11-26-13-15(18-5-3-4-6-19(18)26)12-20-22(29)27(23(30)31-20)14-21(28)25-17-9-7-16(24)8-10-17/h3-10,12-13H,2,11,14H2,1H3,(H,25,28)/b20-12-. The van der Waals surface area contributed by atoms with Crippen molar-refractivity contribution >= 4 is 51.5 Å². The van der Waals surface area contributed by atoms with Crippen LogP contribution in [0.3, 0.4) is 0 Å². The summed E-state index contributed by atoms with van der Waals surface area (Å²) in [6, 6.07) is 13.1. The first-order chi connectivity index (χ1) is 15.0. The van der Waals surface area contributed by atoms with Crippen LogP contribution in [0.4, 0.5) is 14.9 Å². The number of nitrogens with one attached hydrogen (secondary N) is 1. The number of hydrogen-bond donors (Lipinski definition) is 1. The van der Waals surface area contributed by atoms with E-state index in [0.717, 1.165) is 46.1 Å². The molecule has 1 saturated heterocycles. The first-order valence-corrected chi connectivity index (χ1v) is 10.7. The Morgan fingerprint density at radius 1 is 1.13 bits per heavy atom. The van der Waals surface area contributed by atoms with Crippen LogP contribution in [0.15, 0.2) is 59.6 Å². The summed E-state index contributed by atoms with van der Waals surface area (Å²) < 4.78 is 15.1. The molecule has 1 aliphatic heterocycles. The maximum atomic E-state index is 13.0. The van der Waals surface area contributed by atoms with E-state index < -0.39 is 29.4 Å². The lowest BCUT2D eigenvalue weighted by molar-refractivity contribution is -0.127. The van der Waals surface area contributed by atoms with Crippen molar-refractivity contribution in [2.75, 3.05) is 11.9 Å². The van der Waals surface area contributed by atoms with E-state index >= 15 is 0 Å². The SMILES string of the molecule is CCCn1cc(/C=C2\SC(=O)N(CC(=O)Nc3ccc(F)cc3)C2=O)c2ccccc21. The van der Waals surface area contributed by atoms with Crippen molar-refractivity contribution in [1.29, 1.82) is 0 Å². The maximum absolute atomic E-state index is 13.0. The molecule has 2 heterocycles. The fourth-order valence-electron chi connectivity index (χ4n) is 3.47. The lowest BCUT2D eigenvalue weighted by atomic mass is 10.1. The zero-order valence-electron chi connectivity index (χ0n) is 16.8. The highest BCUT2D eigenvalue weighted by Crippen LogP contribution is 2.34. The van der Waals surface area contributed by atoms with Crippen LogP contribution in [0.2, 0.25) is 0 Å². The van der Waals surface area contributed by atoms with Gasteiger partial charge in [0.1, 0.15) is 12.4 Å². The normalized spacial score (nSPS) is 15.3. The van der Waals surface area contributed by atoms with Crippen molar-refractivity contribution in [3.8, 4) is 0 Å². The molecule has 31 heavy (non-hydrogen) atoms. The van der Waals surface area contributed by atoms with Gasteiger partial charge in [0.25, 0.3) is 11.1 Å². The van der Waals surface area contributed by atoms with Crippen LogP contribution in [0, 0.1) is 5.82 Å². The van der Waals surface area contributed by atoms with Crippen molar-refractivity contribution in [3.63, 3.8) is 0 Å². The molecule has 6 nitrogen and oxygen atoms in total. The van der Waals surface area contributed by atoms with Crippen molar-refractivity contribution in [2.24, 2.45) is 0 Å². The summed E-state index contributed by atoms with van der Waals surface area (Å²) in [7, 11) is 0. The Kier molecular flexibility index (Phi) is 5.90. The predicted octanol–water partition coefficient (Wildman–Crippen LogP) is 4.87. The first-order valence-electron chi connectivity index (χ1n) is 9.85. The smallest absolute Gasteiger partial charge is 0.294 e. The van der Waals surface area contributed by atoms with Gasteiger partial charge in [-0.3, -0.25) is 19.3 Å². The van der Waals surface area contributed by atoms with Gasteiger partial charge >= 0.3 is 0 Å². The molecule has 3 aromatic rings. The van der Waals surface area contributed by atoms with E-state index in [1.807, 2.05) is 30.5 Å². The van der Waals surface area contributed by atoms with Crippen molar-refractivity contribution in [1.82, 2.24) is 9.47 Å². The number of halogens is 1. The Balaban J connectivity index is 1.53. The van der Waals surface area contributed by atoms with E-state index in [2.05, 4.69) is 16.8 Å². The molecule has 0 atom stereocenters. The largest absolute Gasteiger partial charge is 0.347 e. The third-order valence-corrected chi connectivity index (χ3v) is 5.78. The van der Waals surface area contributed by atoms with Crippen LogP contribution < -0.4 is 5.32 Å². The van der Waals surface area contributed by atoms with Crippen LogP contribution in [0.5, 0.6) is 0 Å². The fraction of sp³-hybridized carbons (Fsp3) is 0.174. The molecule has 0 unspecified atom stereocenters. The third-order valence-electron chi connectivity index (χ3n) is 4.87. The van der Waals surface area contributed by atoms with E-state index in [4.69, 9.17) is 0 Å². The molecule has 0 radical (unpaired) electrons. The summed E-state index contributed by atoms with van der Waals surface area (Å²) in [5.74, 6) is -1.46. The summed E-state index contributed by atoms with van der Waals surface area (Å²) in [4.78, 5) is 38.7. The summed E-state index contributed by atoms with van der Waals surface area (Å²) in [5, 5.41) is 3.06. The number of para-hydroxylation sites is 1. The highest BCUT2D eigenvalue weighted by molar-refractivity contribution is 8.18. The molecule has 0 bridgehead atoms. The second-order valence-corrected chi connectivity index (χ2v) is 8.11. The molecule has 2 aromatic carbocycles. The minimum absolute atomic E-state index is 0.277. The van der Waals surface area contributed by atoms with Gasteiger partial charge in [-0.15, -0.1) is 0 Å². The number of nitrogens with zero attached hydrogens (tertiary/aromatic N) is 2. The number of amides is 3. The van der Waals surface area contributed by atoms with Gasteiger partial charge in [0.05, 0.1) is 4.91 Å². The Hall–Kier alpha value is -3.39. The van der Waals surface area contributed by atoms with Gasteiger partial charge in [0.15, 0.2) is 0 Å². The molecule has 1 fully saturated rings. The minimum atomic E-state index is -0.533. The van der Waals surface area contributed by atoms with Gasteiger partial charge in [-0.25, -0.2) is 4.39 Å². The Bertz CT molecular complexity index is 1200. The second kappa shape index (κ2) is 8.77. The van der Waals surface area contributed by atoms with Crippen molar-refractivity contribution in [2.45, 2.75) is 19.9 Å². The van der Waals surface area contributed by atoms with E-state index in [-0.39, 0.29) is 4.91 Å². The molecule has 0 aliphatic carbocycles. The van der Waals surface area contributed by atoms with E-state index in [1.54, 1.807) is 6.08 Å². The number of anilines is 1. The molecule has 1 aromatic heterocycles. The Labute approximate surface area is 182 Å². The van der Waals surface area contributed by atoms with Crippen LogP contribution in [0.25, 0.3) is 17.0 Å². The fourth-order valence-corrected chi connectivity index (χ4v) is 4.30. The highest BCUT2D eigenvalue weighted by Gasteiger charge is 2.36. The molecule has 8 heteroatoms. The lowest BCUT2D eigenvalue weighted by Gasteiger charge is -2.12. The number of imide groups is 1. The zero-order valence-corrected chi connectivity index (χ0v) is 17.6. The number of rotatable bonds is 6. The van der Waals surface area contributed by atoms with Crippen LogP contribution in [0.1, 0.15) is 18.9 Å². The number of carbonyl (C=O) groups excluding carboxylic acids is 3. The van der Waals surface area contributed by atoms with Crippen molar-refractivity contribution < 1.29 is 18.8 Å². The molecule has 158 valence electrons. The third kappa shape index (κ3) is 4.39. The molecule has 4 rings (SSSR count). The van der Waals surface area contributed by atoms with E-state index in [0.29, 0.717) is 5.69 Å². The van der Waals surface area contributed by atoms with Gasteiger partial charge in [-0.05, 0) is 54.6 Å². The molecule has 0 spiro atoms. The van der Waals surface area contributed by atoms with Crippen LogP contribution in [-0.2, 0) is 16.1 Å². The second-order valence-electron chi connectivity index (χ2n) is 7.12. The van der Waals surface area contributed by atoms with Crippen LogP contribution >= 0.6 is 11.8 Å². The number of thioether (sulfide) groups is 1. The number of hydrogen-bond acceptors (Lipinski definition) is 4. The summed E-state index contributed by atoms with van der Waals surface area (Å²) >= 11 is 0.818. The van der Waals surface area contributed by atoms with Crippen molar-refractivity contribution in [3.05, 3.63) is 71.0 Å². The molecule has 3 amide bonds.